The lowest BCUT2D eigenvalue weighted by Crippen LogP contribution is -2.36. The molecule has 3 amide bonds. The third-order valence-corrected chi connectivity index (χ3v) is 4.83. The maximum atomic E-state index is 12.4. The van der Waals surface area contributed by atoms with Crippen molar-refractivity contribution >= 4 is 17.7 Å². The zero-order valence-corrected chi connectivity index (χ0v) is 14.5. The van der Waals surface area contributed by atoms with E-state index in [9.17, 15) is 14.4 Å². The Kier molecular flexibility index (Phi) is 4.79. The van der Waals surface area contributed by atoms with Crippen molar-refractivity contribution < 1.29 is 14.4 Å². The molecule has 0 spiro atoms. The van der Waals surface area contributed by atoms with Gasteiger partial charge in [0, 0.05) is 6.42 Å². The van der Waals surface area contributed by atoms with Gasteiger partial charge < -0.3 is 0 Å². The molecule has 0 saturated carbocycles. The summed E-state index contributed by atoms with van der Waals surface area (Å²) in [5, 5.41) is 0. The van der Waals surface area contributed by atoms with Crippen molar-refractivity contribution in [2.75, 3.05) is 0 Å². The third kappa shape index (κ3) is 3.25. The molecule has 0 N–H and O–H groups in total. The summed E-state index contributed by atoms with van der Waals surface area (Å²) in [5.74, 6) is -0.971. The normalized spacial score (nSPS) is 14.6. The highest BCUT2D eigenvalue weighted by atomic mass is 16.2. The summed E-state index contributed by atoms with van der Waals surface area (Å²) in [6, 6.07) is 14.7. The molecule has 0 saturated heterocycles. The summed E-state index contributed by atoms with van der Waals surface area (Å²) in [6.07, 6.45) is 1.72. The fourth-order valence-corrected chi connectivity index (χ4v) is 3.03. The van der Waals surface area contributed by atoms with Crippen LogP contribution in [0.15, 0.2) is 48.5 Å². The van der Waals surface area contributed by atoms with E-state index in [1.165, 1.54) is 5.56 Å². The largest absolute Gasteiger partial charge is 0.274 e. The second-order valence-corrected chi connectivity index (χ2v) is 6.44. The van der Waals surface area contributed by atoms with Crippen LogP contribution in [0.3, 0.4) is 0 Å². The van der Waals surface area contributed by atoms with Crippen molar-refractivity contribution in [1.82, 2.24) is 4.90 Å². The van der Waals surface area contributed by atoms with Crippen molar-refractivity contribution in [2.45, 2.75) is 39.0 Å². The Morgan fingerprint density at radius 3 is 2.04 bits per heavy atom. The van der Waals surface area contributed by atoms with Gasteiger partial charge in [-0.3, -0.25) is 14.4 Å². The smallest absolute Gasteiger partial charge is 0.268 e. The lowest BCUT2D eigenvalue weighted by Gasteiger charge is -2.12. The summed E-state index contributed by atoms with van der Waals surface area (Å²) in [6.45, 7) is 4.33. The van der Waals surface area contributed by atoms with Gasteiger partial charge in [0.1, 0.15) is 0 Å². The molecule has 3 rings (SSSR count). The standard InChI is InChI=1S/C21H21NO3/c1-3-14(2)16-11-8-15(9-12-16)10-13-19(23)22-20(24)17-6-4-5-7-18(17)21(22)25/h4-9,11-12,14H,3,10,13H2,1-2H3. The van der Waals surface area contributed by atoms with Crippen molar-refractivity contribution in [3.8, 4) is 0 Å². The number of carbonyl (C=O) groups excluding carboxylic acids is 3. The van der Waals surface area contributed by atoms with Crippen LogP contribution in [0.25, 0.3) is 0 Å². The molecule has 128 valence electrons. The summed E-state index contributed by atoms with van der Waals surface area (Å²) >= 11 is 0. The van der Waals surface area contributed by atoms with E-state index in [1.807, 2.05) is 12.1 Å². The van der Waals surface area contributed by atoms with Crippen LogP contribution < -0.4 is 0 Å². The number of aryl methyl sites for hydroxylation is 1. The maximum Gasteiger partial charge on any atom is 0.268 e. The van der Waals surface area contributed by atoms with Crippen LogP contribution in [-0.2, 0) is 11.2 Å². The SMILES string of the molecule is CCC(C)c1ccc(CCC(=O)N2C(=O)c3ccccc3C2=O)cc1. The van der Waals surface area contributed by atoms with Crippen LogP contribution in [0.2, 0.25) is 0 Å². The molecule has 0 radical (unpaired) electrons. The molecule has 2 aromatic rings. The molecule has 0 aromatic heterocycles. The topological polar surface area (TPSA) is 54.5 Å². The minimum atomic E-state index is -0.516. The second kappa shape index (κ2) is 7.01. The van der Waals surface area contributed by atoms with Crippen LogP contribution >= 0.6 is 0 Å². The van der Waals surface area contributed by atoms with Gasteiger partial charge in [0.15, 0.2) is 0 Å². The van der Waals surface area contributed by atoms with Crippen molar-refractivity contribution in [1.29, 1.82) is 0 Å². The van der Waals surface area contributed by atoms with E-state index in [1.54, 1.807) is 24.3 Å². The first kappa shape index (κ1) is 17.1. The minimum absolute atomic E-state index is 0.133. The highest BCUT2D eigenvalue weighted by molar-refractivity contribution is 6.28. The Labute approximate surface area is 147 Å². The van der Waals surface area contributed by atoms with E-state index in [0.717, 1.165) is 16.9 Å². The highest BCUT2D eigenvalue weighted by Gasteiger charge is 2.39. The Bertz CT molecular complexity index is 788. The highest BCUT2D eigenvalue weighted by Crippen LogP contribution is 2.24. The second-order valence-electron chi connectivity index (χ2n) is 6.44. The van der Waals surface area contributed by atoms with Gasteiger partial charge in [0.25, 0.3) is 11.8 Å². The van der Waals surface area contributed by atoms with Crippen LogP contribution in [0, 0.1) is 0 Å². The Balaban J connectivity index is 1.66. The van der Waals surface area contributed by atoms with Gasteiger partial charge in [0.2, 0.25) is 5.91 Å². The molecule has 4 nitrogen and oxygen atoms in total. The summed E-state index contributed by atoms with van der Waals surface area (Å²) in [5.41, 5.74) is 2.91. The fourth-order valence-electron chi connectivity index (χ4n) is 3.03. The molecule has 0 aliphatic carbocycles. The molecule has 1 atom stereocenters. The molecule has 2 aromatic carbocycles. The number of hydrogen-bond acceptors (Lipinski definition) is 3. The number of nitrogens with zero attached hydrogens (tertiary/aromatic N) is 1. The van der Waals surface area contributed by atoms with E-state index in [4.69, 9.17) is 0 Å². The number of fused-ring (bicyclic) bond motifs is 1. The number of hydrogen-bond donors (Lipinski definition) is 0. The predicted octanol–water partition coefficient (Wildman–Crippen LogP) is 3.96. The van der Waals surface area contributed by atoms with Crippen LogP contribution in [0.4, 0.5) is 0 Å². The zero-order chi connectivity index (χ0) is 18.0. The van der Waals surface area contributed by atoms with Gasteiger partial charge in [-0.2, -0.15) is 0 Å². The summed E-state index contributed by atoms with van der Waals surface area (Å²) < 4.78 is 0. The molecule has 25 heavy (non-hydrogen) atoms. The van der Waals surface area contributed by atoms with Crippen molar-refractivity contribution in [3.05, 3.63) is 70.8 Å². The molecular weight excluding hydrogens is 314 g/mol. The number of benzene rings is 2. The van der Waals surface area contributed by atoms with Gasteiger partial charge in [-0.25, -0.2) is 4.90 Å². The summed E-state index contributed by atoms with van der Waals surface area (Å²) in [4.78, 5) is 37.8. The molecule has 0 fully saturated rings. The molecule has 0 bridgehead atoms. The first-order valence-electron chi connectivity index (χ1n) is 8.62. The predicted molar refractivity (Wildman–Crippen MR) is 95.4 cm³/mol. The Morgan fingerprint density at radius 1 is 0.960 bits per heavy atom. The molecule has 1 unspecified atom stereocenters. The van der Waals surface area contributed by atoms with E-state index >= 15 is 0 Å². The maximum absolute atomic E-state index is 12.4. The van der Waals surface area contributed by atoms with E-state index in [-0.39, 0.29) is 6.42 Å². The van der Waals surface area contributed by atoms with E-state index < -0.39 is 17.7 Å². The number of amides is 3. The molecule has 1 heterocycles. The number of carbonyl (C=O) groups is 3. The quantitative estimate of drug-likeness (QED) is 0.777. The van der Waals surface area contributed by atoms with E-state index in [2.05, 4.69) is 26.0 Å². The molecule has 1 aliphatic heterocycles. The average Bonchev–Trinajstić information content (AvgIpc) is 2.90. The molecular formula is C21H21NO3. The van der Waals surface area contributed by atoms with Gasteiger partial charge in [-0.05, 0) is 42.0 Å². The van der Waals surface area contributed by atoms with Gasteiger partial charge in [0.05, 0.1) is 11.1 Å². The van der Waals surface area contributed by atoms with Gasteiger partial charge in [-0.15, -0.1) is 0 Å². The lowest BCUT2D eigenvalue weighted by molar-refractivity contribution is -0.126. The van der Waals surface area contributed by atoms with E-state index in [0.29, 0.717) is 23.5 Å². The lowest BCUT2D eigenvalue weighted by atomic mass is 9.97. The fraction of sp³-hybridized carbons (Fsp3) is 0.286. The van der Waals surface area contributed by atoms with Crippen LogP contribution in [0.1, 0.15) is 64.4 Å². The Morgan fingerprint density at radius 2 is 1.52 bits per heavy atom. The monoisotopic (exact) mass is 335 g/mol. The number of imide groups is 3. The van der Waals surface area contributed by atoms with Crippen LogP contribution in [0.5, 0.6) is 0 Å². The third-order valence-electron chi connectivity index (χ3n) is 4.83. The van der Waals surface area contributed by atoms with Crippen molar-refractivity contribution in [3.63, 3.8) is 0 Å². The molecule has 1 aliphatic rings. The first-order valence-corrected chi connectivity index (χ1v) is 8.62. The minimum Gasteiger partial charge on any atom is -0.274 e. The number of rotatable bonds is 5. The van der Waals surface area contributed by atoms with Crippen LogP contribution in [-0.4, -0.2) is 22.6 Å². The first-order chi connectivity index (χ1) is 12.0. The Hall–Kier alpha value is -2.75. The zero-order valence-electron chi connectivity index (χ0n) is 14.5. The van der Waals surface area contributed by atoms with Gasteiger partial charge in [-0.1, -0.05) is 50.2 Å². The summed E-state index contributed by atoms with van der Waals surface area (Å²) in [7, 11) is 0. The van der Waals surface area contributed by atoms with Crippen molar-refractivity contribution in [2.24, 2.45) is 0 Å². The van der Waals surface area contributed by atoms with Gasteiger partial charge >= 0.3 is 0 Å². The molecule has 4 heteroatoms. The average molecular weight is 335 g/mol.